The largest absolute Gasteiger partial charge is 0.493 e. The lowest BCUT2D eigenvalue weighted by atomic mass is 10.2. The van der Waals surface area contributed by atoms with Crippen LogP contribution in [-0.2, 0) is 22.7 Å². The predicted molar refractivity (Wildman–Crippen MR) is 105 cm³/mol. The van der Waals surface area contributed by atoms with Crippen LogP contribution in [-0.4, -0.2) is 50.8 Å². The van der Waals surface area contributed by atoms with Crippen molar-refractivity contribution in [1.29, 1.82) is 0 Å². The highest BCUT2D eigenvalue weighted by Crippen LogP contribution is 2.29. The van der Waals surface area contributed by atoms with E-state index in [2.05, 4.69) is 5.32 Å². The second-order valence-electron chi connectivity index (χ2n) is 6.27. The number of morpholine rings is 1. The molecule has 0 bridgehead atoms. The van der Waals surface area contributed by atoms with Crippen LogP contribution in [0.5, 0.6) is 11.5 Å². The van der Waals surface area contributed by atoms with Gasteiger partial charge in [-0.3, -0.25) is 4.79 Å². The molecule has 1 saturated heterocycles. The summed E-state index contributed by atoms with van der Waals surface area (Å²) in [6.45, 7) is 4.54. The van der Waals surface area contributed by atoms with Gasteiger partial charge in [-0.1, -0.05) is 12.1 Å². The molecule has 27 heavy (non-hydrogen) atoms. The number of hydrogen-bond acceptors (Lipinski definition) is 6. The monoisotopic (exact) mass is 390 g/mol. The minimum Gasteiger partial charge on any atom is -0.493 e. The molecular weight excluding hydrogens is 364 g/mol. The highest BCUT2D eigenvalue weighted by molar-refractivity contribution is 7.09. The summed E-state index contributed by atoms with van der Waals surface area (Å²) in [6.07, 6.45) is 0.499. The lowest BCUT2D eigenvalue weighted by Gasteiger charge is -2.26. The molecule has 1 aliphatic rings. The second-order valence-corrected chi connectivity index (χ2v) is 7.31. The first kappa shape index (κ1) is 19.7. The van der Waals surface area contributed by atoms with Gasteiger partial charge >= 0.3 is 0 Å². The Bertz CT molecular complexity index is 715. The molecule has 0 radical (unpaired) electrons. The van der Waals surface area contributed by atoms with Crippen molar-refractivity contribution in [3.8, 4) is 11.5 Å². The number of methoxy groups -OCH3 is 1. The Hall–Kier alpha value is -2.09. The minimum atomic E-state index is 0.181. The molecule has 0 aliphatic carbocycles. The van der Waals surface area contributed by atoms with E-state index in [1.54, 1.807) is 18.4 Å². The van der Waals surface area contributed by atoms with Gasteiger partial charge in [0.25, 0.3) is 0 Å². The molecule has 0 atom stereocenters. The van der Waals surface area contributed by atoms with Gasteiger partial charge < -0.3 is 24.4 Å². The summed E-state index contributed by atoms with van der Waals surface area (Å²) in [5.74, 6) is 1.63. The molecule has 1 fully saturated rings. The molecule has 2 heterocycles. The molecule has 0 spiro atoms. The van der Waals surface area contributed by atoms with E-state index in [1.165, 1.54) is 4.88 Å². The summed E-state index contributed by atoms with van der Waals surface area (Å²) >= 11 is 1.67. The van der Waals surface area contributed by atoms with Crippen molar-refractivity contribution in [2.24, 2.45) is 0 Å². The van der Waals surface area contributed by atoms with Crippen LogP contribution in [0.15, 0.2) is 35.7 Å². The number of hydrogen-bond donors (Lipinski definition) is 1. The van der Waals surface area contributed by atoms with Crippen LogP contribution in [0.1, 0.15) is 16.9 Å². The molecule has 1 aromatic carbocycles. The van der Waals surface area contributed by atoms with Gasteiger partial charge in [0, 0.05) is 37.5 Å². The molecule has 146 valence electrons. The van der Waals surface area contributed by atoms with Crippen LogP contribution in [0.25, 0.3) is 0 Å². The number of nitrogens with one attached hydrogen (secondary N) is 1. The smallest absolute Gasteiger partial charge is 0.224 e. The average molecular weight is 391 g/mol. The van der Waals surface area contributed by atoms with Gasteiger partial charge in [-0.2, -0.15) is 0 Å². The van der Waals surface area contributed by atoms with Crippen molar-refractivity contribution in [1.82, 2.24) is 10.2 Å². The predicted octanol–water partition coefficient (Wildman–Crippen LogP) is 2.67. The lowest BCUT2D eigenvalue weighted by molar-refractivity contribution is -0.135. The molecular formula is C20H26N2O4S. The Morgan fingerprint density at radius 3 is 2.85 bits per heavy atom. The molecule has 2 aromatic rings. The first-order chi connectivity index (χ1) is 13.3. The SMILES string of the molecule is COc1cc(CNCCC(=O)N2CCOCC2)ccc1OCc1cccs1. The maximum atomic E-state index is 12.1. The van der Waals surface area contributed by atoms with Crippen LogP contribution in [0.3, 0.4) is 0 Å². The summed E-state index contributed by atoms with van der Waals surface area (Å²) in [4.78, 5) is 15.2. The highest BCUT2D eigenvalue weighted by Gasteiger charge is 2.16. The Balaban J connectivity index is 1.43. The van der Waals surface area contributed by atoms with Crippen LogP contribution in [0.2, 0.25) is 0 Å². The number of rotatable bonds is 9. The van der Waals surface area contributed by atoms with Crippen molar-refractivity contribution < 1.29 is 19.0 Å². The minimum absolute atomic E-state index is 0.181. The van der Waals surface area contributed by atoms with Crippen molar-refractivity contribution in [3.05, 3.63) is 46.2 Å². The standard InChI is InChI=1S/C20H26N2O4S/c1-24-19-13-16(4-5-18(19)26-15-17-3-2-12-27-17)14-21-7-6-20(23)22-8-10-25-11-9-22/h2-5,12-13,21H,6-11,14-15H2,1H3. The van der Waals surface area contributed by atoms with Crippen molar-refractivity contribution >= 4 is 17.2 Å². The third kappa shape index (κ3) is 5.95. The van der Waals surface area contributed by atoms with Gasteiger partial charge in [0.05, 0.1) is 20.3 Å². The fourth-order valence-corrected chi connectivity index (χ4v) is 3.50. The summed E-state index contributed by atoms with van der Waals surface area (Å²) < 4.78 is 16.6. The molecule has 6 nitrogen and oxygen atoms in total. The number of ether oxygens (including phenoxy) is 3. The number of benzene rings is 1. The third-order valence-electron chi connectivity index (χ3n) is 4.39. The van der Waals surface area contributed by atoms with E-state index in [4.69, 9.17) is 14.2 Å². The fourth-order valence-electron chi connectivity index (χ4n) is 2.88. The van der Waals surface area contributed by atoms with E-state index in [1.807, 2.05) is 40.6 Å². The number of thiophene rings is 1. The third-order valence-corrected chi connectivity index (χ3v) is 5.24. The van der Waals surface area contributed by atoms with E-state index in [-0.39, 0.29) is 5.91 Å². The molecule has 1 aromatic heterocycles. The van der Waals surface area contributed by atoms with E-state index < -0.39 is 0 Å². The Morgan fingerprint density at radius 2 is 2.11 bits per heavy atom. The summed E-state index contributed by atoms with van der Waals surface area (Å²) in [5, 5.41) is 5.36. The number of carbonyl (C=O) groups excluding carboxylic acids is 1. The molecule has 1 amide bonds. The van der Waals surface area contributed by atoms with E-state index >= 15 is 0 Å². The van der Waals surface area contributed by atoms with E-state index in [0.29, 0.717) is 52.4 Å². The number of carbonyl (C=O) groups is 1. The normalized spacial score (nSPS) is 14.2. The molecule has 1 N–H and O–H groups in total. The van der Waals surface area contributed by atoms with E-state index in [0.717, 1.165) is 17.1 Å². The van der Waals surface area contributed by atoms with E-state index in [9.17, 15) is 4.79 Å². The lowest BCUT2D eigenvalue weighted by Crippen LogP contribution is -2.41. The van der Waals surface area contributed by atoms with Gasteiger partial charge in [0.15, 0.2) is 11.5 Å². The van der Waals surface area contributed by atoms with Gasteiger partial charge in [0.1, 0.15) is 6.61 Å². The van der Waals surface area contributed by atoms with Crippen LogP contribution in [0.4, 0.5) is 0 Å². The van der Waals surface area contributed by atoms with Gasteiger partial charge in [-0.15, -0.1) is 11.3 Å². The van der Waals surface area contributed by atoms with Gasteiger partial charge in [-0.25, -0.2) is 0 Å². The summed E-state index contributed by atoms with van der Waals surface area (Å²) in [5.41, 5.74) is 1.09. The Labute approximate surface area is 164 Å². The zero-order chi connectivity index (χ0) is 18.9. The molecule has 0 saturated carbocycles. The maximum absolute atomic E-state index is 12.1. The summed E-state index contributed by atoms with van der Waals surface area (Å²) in [7, 11) is 1.64. The van der Waals surface area contributed by atoms with Crippen LogP contribution < -0.4 is 14.8 Å². The van der Waals surface area contributed by atoms with Crippen molar-refractivity contribution in [3.63, 3.8) is 0 Å². The first-order valence-corrected chi connectivity index (χ1v) is 10.0. The topological polar surface area (TPSA) is 60.0 Å². The molecule has 1 aliphatic heterocycles. The fraction of sp³-hybridized carbons (Fsp3) is 0.450. The van der Waals surface area contributed by atoms with Crippen LogP contribution in [0, 0.1) is 0 Å². The number of nitrogens with zero attached hydrogens (tertiary/aromatic N) is 1. The Morgan fingerprint density at radius 1 is 1.26 bits per heavy atom. The quantitative estimate of drug-likeness (QED) is 0.667. The summed E-state index contributed by atoms with van der Waals surface area (Å²) in [6, 6.07) is 9.98. The molecule has 0 unspecified atom stereocenters. The zero-order valence-electron chi connectivity index (χ0n) is 15.6. The first-order valence-electron chi connectivity index (χ1n) is 9.14. The van der Waals surface area contributed by atoms with Crippen molar-refractivity contribution in [2.75, 3.05) is 40.0 Å². The number of amides is 1. The molecule has 3 rings (SSSR count). The Kier molecular flexibility index (Phi) is 7.50. The zero-order valence-corrected chi connectivity index (χ0v) is 16.4. The van der Waals surface area contributed by atoms with Gasteiger partial charge in [0.2, 0.25) is 5.91 Å². The van der Waals surface area contributed by atoms with Gasteiger partial charge in [-0.05, 0) is 29.1 Å². The highest BCUT2D eigenvalue weighted by atomic mass is 32.1. The van der Waals surface area contributed by atoms with Crippen molar-refractivity contribution in [2.45, 2.75) is 19.6 Å². The van der Waals surface area contributed by atoms with Crippen LogP contribution >= 0.6 is 11.3 Å². The molecule has 7 heteroatoms. The average Bonchev–Trinajstić information content (AvgIpc) is 3.24. The maximum Gasteiger partial charge on any atom is 0.224 e. The second kappa shape index (κ2) is 10.3.